The van der Waals surface area contributed by atoms with Crippen LogP contribution in [0.2, 0.25) is 0 Å². The first-order valence-electron chi connectivity index (χ1n) is 5.92. The fourth-order valence-electron chi connectivity index (χ4n) is 1.82. The molecule has 5 heteroatoms. The van der Waals surface area contributed by atoms with Gasteiger partial charge in [0.15, 0.2) is 5.11 Å². The average molecular weight is 244 g/mol. The van der Waals surface area contributed by atoms with Crippen molar-refractivity contribution in [2.24, 2.45) is 0 Å². The summed E-state index contributed by atoms with van der Waals surface area (Å²) >= 11 is 5.13. The van der Waals surface area contributed by atoms with Crippen molar-refractivity contribution in [2.45, 2.75) is 45.1 Å². The third-order valence-corrected chi connectivity index (χ3v) is 2.87. The lowest BCUT2D eigenvalue weighted by Gasteiger charge is -2.15. The van der Waals surface area contributed by atoms with E-state index in [4.69, 9.17) is 17.0 Å². The SMILES string of the molecule is CCOC(=O)CCNC(=S)NC1CCCC1. The maximum absolute atomic E-state index is 11.0. The van der Waals surface area contributed by atoms with Crippen molar-refractivity contribution in [1.82, 2.24) is 10.6 Å². The van der Waals surface area contributed by atoms with E-state index in [0.29, 0.717) is 30.7 Å². The van der Waals surface area contributed by atoms with E-state index < -0.39 is 0 Å². The molecule has 1 aliphatic rings. The third kappa shape index (κ3) is 5.30. The lowest BCUT2D eigenvalue weighted by Crippen LogP contribution is -2.41. The molecule has 0 aliphatic heterocycles. The minimum Gasteiger partial charge on any atom is -0.466 e. The van der Waals surface area contributed by atoms with Gasteiger partial charge in [-0.05, 0) is 32.0 Å². The highest BCUT2D eigenvalue weighted by Gasteiger charge is 2.15. The van der Waals surface area contributed by atoms with E-state index in [1.54, 1.807) is 6.92 Å². The van der Waals surface area contributed by atoms with Crippen molar-refractivity contribution < 1.29 is 9.53 Å². The van der Waals surface area contributed by atoms with Crippen molar-refractivity contribution in [1.29, 1.82) is 0 Å². The Morgan fingerprint density at radius 1 is 1.44 bits per heavy atom. The molecule has 0 spiro atoms. The van der Waals surface area contributed by atoms with Gasteiger partial charge in [0, 0.05) is 12.6 Å². The Kier molecular flexibility index (Phi) is 6.15. The number of thiocarbonyl (C=S) groups is 1. The monoisotopic (exact) mass is 244 g/mol. The second kappa shape index (κ2) is 7.44. The van der Waals surface area contributed by atoms with Crippen molar-refractivity contribution in [3.05, 3.63) is 0 Å². The maximum Gasteiger partial charge on any atom is 0.307 e. The molecule has 0 aromatic rings. The zero-order valence-electron chi connectivity index (χ0n) is 9.75. The van der Waals surface area contributed by atoms with E-state index in [2.05, 4.69) is 10.6 Å². The summed E-state index contributed by atoms with van der Waals surface area (Å²) in [6.45, 7) is 2.78. The Balaban J connectivity index is 2.03. The number of hydrogen-bond acceptors (Lipinski definition) is 3. The van der Waals surface area contributed by atoms with Crippen LogP contribution in [0.25, 0.3) is 0 Å². The van der Waals surface area contributed by atoms with Gasteiger partial charge >= 0.3 is 5.97 Å². The summed E-state index contributed by atoms with van der Waals surface area (Å²) in [5.41, 5.74) is 0. The molecule has 0 amide bonds. The molecule has 0 atom stereocenters. The normalized spacial score (nSPS) is 15.8. The maximum atomic E-state index is 11.0. The molecular formula is C11H20N2O2S. The summed E-state index contributed by atoms with van der Waals surface area (Å²) < 4.78 is 4.81. The topological polar surface area (TPSA) is 50.4 Å². The Bertz CT molecular complexity index is 240. The van der Waals surface area contributed by atoms with E-state index in [0.717, 1.165) is 0 Å². The van der Waals surface area contributed by atoms with Gasteiger partial charge in [-0.15, -0.1) is 0 Å². The minimum atomic E-state index is -0.182. The molecule has 0 aromatic heterocycles. The van der Waals surface area contributed by atoms with E-state index >= 15 is 0 Å². The molecular weight excluding hydrogens is 224 g/mol. The molecule has 0 aromatic carbocycles. The van der Waals surface area contributed by atoms with Crippen LogP contribution in [0.3, 0.4) is 0 Å². The van der Waals surface area contributed by atoms with Crippen LogP contribution >= 0.6 is 12.2 Å². The van der Waals surface area contributed by atoms with E-state index in [1.165, 1.54) is 25.7 Å². The lowest BCUT2D eigenvalue weighted by molar-refractivity contribution is -0.142. The van der Waals surface area contributed by atoms with Crippen LogP contribution in [0.1, 0.15) is 39.0 Å². The first-order chi connectivity index (χ1) is 7.72. The Hall–Kier alpha value is -0.840. The van der Waals surface area contributed by atoms with Crippen LogP contribution in [-0.2, 0) is 9.53 Å². The highest BCUT2D eigenvalue weighted by Crippen LogP contribution is 2.17. The van der Waals surface area contributed by atoms with Gasteiger partial charge in [-0.2, -0.15) is 0 Å². The number of carbonyl (C=O) groups is 1. The second-order valence-electron chi connectivity index (χ2n) is 3.94. The highest BCUT2D eigenvalue weighted by atomic mass is 32.1. The fraction of sp³-hybridized carbons (Fsp3) is 0.818. The number of hydrogen-bond donors (Lipinski definition) is 2. The first kappa shape index (κ1) is 13.2. The zero-order chi connectivity index (χ0) is 11.8. The highest BCUT2D eigenvalue weighted by molar-refractivity contribution is 7.80. The number of carbonyl (C=O) groups excluding carboxylic acids is 1. The van der Waals surface area contributed by atoms with Gasteiger partial charge in [0.25, 0.3) is 0 Å². The van der Waals surface area contributed by atoms with Crippen molar-refractivity contribution in [2.75, 3.05) is 13.2 Å². The summed E-state index contributed by atoms with van der Waals surface area (Å²) in [5, 5.41) is 6.92. The molecule has 92 valence electrons. The number of ether oxygens (including phenoxy) is 1. The van der Waals surface area contributed by atoms with Crippen molar-refractivity contribution >= 4 is 23.3 Å². The Morgan fingerprint density at radius 2 is 2.12 bits per heavy atom. The molecule has 16 heavy (non-hydrogen) atoms. The Labute approximate surface area is 102 Å². The van der Waals surface area contributed by atoms with Crippen LogP contribution < -0.4 is 10.6 Å². The van der Waals surface area contributed by atoms with E-state index in [1.807, 2.05) is 0 Å². The molecule has 1 saturated carbocycles. The second-order valence-corrected chi connectivity index (χ2v) is 4.34. The predicted molar refractivity (Wildman–Crippen MR) is 67.2 cm³/mol. The molecule has 1 aliphatic carbocycles. The van der Waals surface area contributed by atoms with Gasteiger partial charge in [0.05, 0.1) is 13.0 Å². The van der Waals surface area contributed by atoms with Crippen LogP contribution in [0.15, 0.2) is 0 Å². The molecule has 0 bridgehead atoms. The van der Waals surface area contributed by atoms with Gasteiger partial charge in [0.2, 0.25) is 0 Å². The lowest BCUT2D eigenvalue weighted by atomic mass is 10.3. The fourth-order valence-corrected chi connectivity index (χ4v) is 2.09. The average Bonchev–Trinajstić information content (AvgIpc) is 2.70. The van der Waals surface area contributed by atoms with Gasteiger partial charge in [-0.3, -0.25) is 4.79 Å². The minimum absolute atomic E-state index is 0.182. The summed E-state index contributed by atoms with van der Waals surface area (Å²) in [6, 6.07) is 0.516. The largest absolute Gasteiger partial charge is 0.466 e. The quantitative estimate of drug-likeness (QED) is 0.565. The zero-order valence-corrected chi connectivity index (χ0v) is 10.6. The molecule has 0 heterocycles. The molecule has 1 rings (SSSR count). The molecule has 0 unspecified atom stereocenters. The molecule has 0 radical (unpaired) electrons. The Morgan fingerprint density at radius 3 is 2.75 bits per heavy atom. The van der Waals surface area contributed by atoms with Crippen molar-refractivity contribution in [3.63, 3.8) is 0 Å². The molecule has 4 nitrogen and oxygen atoms in total. The summed E-state index contributed by atoms with van der Waals surface area (Å²) in [4.78, 5) is 11.0. The first-order valence-corrected chi connectivity index (χ1v) is 6.33. The molecule has 2 N–H and O–H groups in total. The summed E-state index contributed by atoms with van der Waals surface area (Å²) in [5.74, 6) is -0.182. The molecule has 0 saturated heterocycles. The van der Waals surface area contributed by atoms with Crippen LogP contribution in [-0.4, -0.2) is 30.3 Å². The third-order valence-electron chi connectivity index (χ3n) is 2.61. The number of esters is 1. The van der Waals surface area contributed by atoms with Crippen LogP contribution in [0.4, 0.5) is 0 Å². The number of rotatable bonds is 5. The van der Waals surface area contributed by atoms with Crippen molar-refractivity contribution in [3.8, 4) is 0 Å². The smallest absolute Gasteiger partial charge is 0.307 e. The van der Waals surface area contributed by atoms with E-state index in [9.17, 15) is 4.79 Å². The van der Waals surface area contributed by atoms with Gasteiger partial charge in [-0.25, -0.2) is 0 Å². The van der Waals surface area contributed by atoms with Crippen LogP contribution in [0.5, 0.6) is 0 Å². The standard InChI is InChI=1S/C11H20N2O2S/c1-2-15-10(14)7-8-12-11(16)13-9-5-3-4-6-9/h9H,2-8H2,1H3,(H2,12,13,16). The van der Waals surface area contributed by atoms with E-state index in [-0.39, 0.29) is 5.97 Å². The summed E-state index contributed by atoms with van der Waals surface area (Å²) in [7, 11) is 0. The van der Waals surface area contributed by atoms with Gasteiger partial charge in [-0.1, -0.05) is 12.8 Å². The summed E-state index contributed by atoms with van der Waals surface area (Å²) in [6.07, 6.45) is 5.31. The van der Waals surface area contributed by atoms with Gasteiger partial charge in [0.1, 0.15) is 0 Å². The number of nitrogens with one attached hydrogen (secondary N) is 2. The predicted octanol–water partition coefficient (Wildman–Crippen LogP) is 1.35. The molecule has 1 fully saturated rings. The van der Waals surface area contributed by atoms with Gasteiger partial charge < -0.3 is 15.4 Å². The van der Waals surface area contributed by atoms with Crippen LogP contribution in [0, 0.1) is 0 Å².